The van der Waals surface area contributed by atoms with Crippen molar-refractivity contribution in [2.75, 3.05) is 5.32 Å². The minimum absolute atomic E-state index is 0.220. The fraction of sp³-hybridized carbons (Fsp3) is 0.0667. The number of nitrogens with one attached hydrogen (secondary N) is 1. The van der Waals surface area contributed by atoms with Crippen LogP contribution in [0, 0.1) is 6.92 Å². The van der Waals surface area contributed by atoms with Crippen LogP contribution < -0.4 is 5.32 Å². The Balaban J connectivity index is 2.10. The average molecular weight is 304 g/mol. The molecule has 20 heavy (non-hydrogen) atoms. The van der Waals surface area contributed by atoms with Gasteiger partial charge in [-0.3, -0.25) is 0 Å². The van der Waals surface area contributed by atoms with E-state index in [0.29, 0.717) is 10.8 Å². The predicted molar refractivity (Wildman–Crippen MR) is 84.0 cm³/mol. The zero-order chi connectivity index (χ0) is 14.1. The molecule has 3 rings (SSSR count). The van der Waals surface area contributed by atoms with E-state index in [4.69, 9.17) is 23.2 Å². The first-order valence-electron chi connectivity index (χ1n) is 6.09. The highest BCUT2D eigenvalue weighted by Gasteiger charge is 2.08. The van der Waals surface area contributed by atoms with Gasteiger partial charge in [0.25, 0.3) is 0 Å². The number of nitrogens with zero attached hydrogens (tertiary/aromatic N) is 2. The maximum Gasteiger partial charge on any atom is 0.224 e. The summed E-state index contributed by atoms with van der Waals surface area (Å²) >= 11 is 11.9. The van der Waals surface area contributed by atoms with Gasteiger partial charge in [-0.25, -0.2) is 4.98 Å². The fourth-order valence-electron chi connectivity index (χ4n) is 2.04. The zero-order valence-electron chi connectivity index (χ0n) is 10.7. The SMILES string of the molecule is Cc1cc(Cl)ccc1Nc1nc(Cl)nc2ccccc12. The first-order chi connectivity index (χ1) is 9.63. The molecule has 0 unspecified atom stereocenters. The largest absolute Gasteiger partial charge is 0.339 e. The second kappa shape index (κ2) is 5.27. The summed E-state index contributed by atoms with van der Waals surface area (Å²) in [5, 5.41) is 5.14. The van der Waals surface area contributed by atoms with Gasteiger partial charge in [0.05, 0.1) is 5.52 Å². The summed E-state index contributed by atoms with van der Waals surface area (Å²) in [6.07, 6.45) is 0. The lowest BCUT2D eigenvalue weighted by molar-refractivity contribution is 1.21. The number of rotatable bonds is 2. The minimum atomic E-state index is 0.220. The summed E-state index contributed by atoms with van der Waals surface area (Å²) in [4.78, 5) is 8.48. The number of aromatic nitrogens is 2. The number of aryl methyl sites for hydroxylation is 1. The molecule has 0 amide bonds. The van der Waals surface area contributed by atoms with Crippen molar-refractivity contribution in [3.63, 3.8) is 0 Å². The summed E-state index contributed by atoms with van der Waals surface area (Å²) in [6, 6.07) is 13.4. The highest BCUT2D eigenvalue weighted by Crippen LogP contribution is 2.27. The average Bonchev–Trinajstić information content (AvgIpc) is 2.41. The van der Waals surface area contributed by atoms with Gasteiger partial charge in [0.15, 0.2) is 0 Å². The molecular formula is C15H11Cl2N3. The van der Waals surface area contributed by atoms with Crippen LogP contribution in [0.1, 0.15) is 5.56 Å². The van der Waals surface area contributed by atoms with Crippen molar-refractivity contribution in [1.82, 2.24) is 9.97 Å². The Morgan fingerprint density at radius 2 is 1.80 bits per heavy atom. The summed E-state index contributed by atoms with van der Waals surface area (Å²) in [5.74, 6) is 0.686. The van der Waals surface area contributed by atoms with E-state index >= 15 is 0 Å². The molecule has 1 N–H and O–H groups in total. The molecule has 1 heterocycles. The Morgan fingerprint density at radius 3 is 2.60 bits per heavy atom. The number of hydrogen-bond donors (Lipinski definition) is 1. The molecule has 0 bridgehead atoms. The summed E-state index contributed by atoms with van der Waals surface area (Å²) in [6.45, 7) is 1.99. The zero-order valence-corrected chi connectivity index (χ0v) is 12.2. The van der Waals surface area contributed by atoms with Crippen LogP contribution >= 0.6 is 23.2 Å². The van der Waals surface area contributed by atoms with Crippen LogP contribution in [0.4, 0.5) is 11.5 Å². The van der Waals surface area contributed by atoms with Gasteiger partial charge in [-0.15, -0.1) is 0 Å². The lowest BCUT2D eigenvalue weighted by atomic mass is 10.2. The molecule has 0 aliphatic carbocycles. The van der Waals surface area contributed by atoms with Crippen LogP contribution in [-0.2, 0) is 0 Å². The first-order valence-corrected chi connectivity index (χ1v) is 6.84. The van der Waals surface area contributed by atoms with Crippen molar-refractivity contribution in [2.24, 2.45) is 0 Å². The van der Waals surface area contributed by atoms with Gasteiger partial charge in [-0.05, 0) is 54.4 Å². The standard InChI is InChI=1S/C15H11Cl2N3/c1-9-8-10(16)6-7-12(9)18-14-11-4-2-3-5-13(11)19-15(17)20-14/h2-8H,1H3,(H,18,19,20). The van der Waals surface area contributed by atoms with E-state index in [9.17, 15) is 0 Å². The highest BCUT2D eigenvalue weighted by atomic mass is 35.5. The molecule has 0 saturated carbocycles. The molecule has 0 atom stereocenters. The maximum atomic E-state index is 5.97. The molecule has 0 spiro atoms. The van der Waals surface area contributed by atoms with E-state index < -0.39 is 0 Å². The number of benzene rings is 2. The summed E-state index contributed by atoms with van der Waals surface area (Å²) < 4.78 is 0. The Bertz CT molecular complexity index is 787. The van der Waals surface area contributed by atoms with Crippen LogP contribution in [0.25, 0.3) is 10.9 Å². The third kappa shape index (κ3) is 2.55. The van der Waals surface area contributed by atoms with Crippen LogP contribution in [0.5, 0.6) is 0 Å². The quantitative estimate of drug-likeness (QED) is 0.678. The van der Waals surface area contributed by atoms with E-state index in [0.717, 1.165) is 22.2 Å². The monoisotopic (exact) mass is 303 g/mol. The number of hydrogen-bond acceptors (Lipinski definition) is 3. The summed E-state index contributed by atoms with van der Waals surface area (Å²) in [5.41, 5.74) is 2.78. The van der Waals surface area contributed by atoms with E-state index in [1.54, 1.807) is 0 Å². The van der Waals surface area contributed by atoms with Crippen molar-refractivity contribution in [2.45, 2.75) is 6.92 Å². The second-order valence-electron chi connectivity index (χ2n) is 4.44. The topological polar surface area (TPSA) is 37.8 Å². The van der Waals surface area contributed by atoms with Crippen molar-refractivity contribution >= 4 is 45.6 Å². The third-order valence-corrected chi connectivity index (χ3v) is 3.42. The van der Waals surface area contributed by atoms with Crippen LogP contribution in [0.3, 0.4) is 0 Å². The van der Waals surface area contributed by atoms with Crippen LogP contribution in [0.15, 0.2) is 42.5 Å². The second-order valence-corrected chi connectivity index (χ2v) is 5.22. The lowest BCUT2D eigenvalue weighted by Gasteiger charge is -2.11. The normalized spacial score (nSPS) is 10.8. The smallest absolute Gasteiger partial charge is 0.224 e. The molecule has 0 fully saturated rings. The first kappa shape index (κ1) is 13.2. The molecule has 3 aromatic rings. The maximum absolute atomic E-state index is 5.97. The van der Waals surface area contributed by atoms with Gasteiger partial charge in [0.2, 0.25) is 5.28 Å². The lowest BCUT2D eigenvalue weighted by Crippen LogP contribution is -1.98. The molecule has 0 aliphatic rings. The van der Waals surface area contributed by atoms with Crippen molar-refractivity contribution < 1.29 is 0 Å². The van der Waals surface area contributed by atoms with Gasteiger partial charge in [-0.2, -0.15) is 4.98 Å². The molecule has 5 heteroatoms. The third-order valence-electron chi connectivity index (χ3n) is 3.02. The summed E-state index contributed by atoms with van der Waals surface area (Å²) in [7, 11) is 0. The Labute approximate surface area is 126 Å². The predicted octanol–water partition coefficient (Wildman–Crippen LogP) is 4.99. The van der Waals surface area contributed by atoms with Crippen molar-refractivity contribution in [3.8, 4) is 0 Å². The molecule has 100 valence electrons. The Morgan fingerprint density at radius 1 is 1.00 bits per heavy atom. The minimum Gasteiger partial charge on any atom is -0.339 e. The molecule has 0 saturated heterocycles. The van der Waals surface area contributed by atoms with E-state index in [-0.39, 0.29) is 5.28 Å². The van der Waals surface area contributed by atoms with Crippen LogP contribution in [0.2, 0.25) is 10.3 Å². The van der Waals surface area contributed by atoms with E-state index in [2.05, 4.69) is 15.3 Å². The van der Waals surface area contributed by atoms with Crippen molar-refractivity contribution in [1.29, 1.82) is 0 Å². The molecule has 2 aromatic carbocycles. The Hall–Kier alpha value is -1.84. The molecule has 0 aliphatic heterocycles. The van der Waals surface area contributed by atoms with Gasteiger partial charge < -0.3 is 5.32 Å². The van der Waals surface area contributed by atoms with Crippen LogP contribution in [-0.4, -0.2) is 9.97 Å². The van der Waals surface area contributed by atoms with Gasteiger partial charge >= 0.3 is 0 Å². The number of fused-ring (bicyclic) bond motifs is 1. The van der Waals surface area contributed by atoms with Gasteiger partial charge in [-0.1, -0.05) is 23.7 Å². The van der Waals surface area contributed by atoms with Crippen molar-refractivity contribution in [3.05, 3.63) is 58.3 Å². The molecule has 0 radical (unpaired) electrons. The highest BCUT2D eigenvalue weighted by molar-refractivity contribution is 6.30. The fourth-order valence-corrected chi connectivity index (χ4v) is 2.44. The number of para-hydroxylation sites is 1. The number of halogens is 2. The van der Waals surface area contributed by atoms with Gasteiger partial charge in [0, 0.05) is 16.1 Å². The number of anilines is 2. The Kier molecular flexibility index (Phi) is 3.47. The molecule has 1 aromatic heterocycles. The molecule has 3 nitrogen and oxygen atoms in total. The van der Waals surface area contributed by atoms with E-state index in [1.165, 1.54) is 0 Å². The van der Waals surface area contributed by atoms with E-state index in [1.807, 2.05) is 49.4 Å². The molecular weight excluding hydrogens is 293 g/mol. The van der Waals surface area contributed by atoms with Gasteiger partial charge in [0.1, 0.15) is 5.82 Å².